The lowest BCUT2D eigenvalue weighted by Gasteiger charge is -2.09. The Balaban J connectivity index is 2.69. The summed E-state index contributed by atoms with van der Waals surface area (Å²) in [6.07, 6.45) is 2.21. The maximum Gasteiger partial charge on any atom is 0.327 e. The van der Waals surface area contributed by atoms with Gasteiger partial charge in [-0.25, -0.2) is 4.68 Å². The fourth-order valence-electron chi connectivity index (χ4n) is 1.91. The first-order valence-corrected chi connectivity index (χ1v) is 6.73. The summed E-state index contributed by atoms with van der Waals surface area (Å²) in [5.74, 6) is -0.513. The van der Waals surface area contributed by atoms with E-state index in [1.54, 1.807) is 18.2 Å². The van der Waals surface area contributed by atoms with Gasteiger partial charge in [0.1, 0.15) is 6.54 Å². The highest BCUT2D eigenvalue weighted by atomic mass is 79.9. The monoisotopic (exact) mass is 336 g/mol. The maximum absolute atomic E-state index is 12.3. The predicted octanol–water partition coefficient (Wildman–Crippen LogP) is 2.06. The standard InChI is InChI=1S/C14H13BrN2O3/c1-3-4-12-11-7-9(15)5-6-10(11)14(19)17(16-12)8-13(18)20-2/h3,5-7H,1,4,8H2,2H3. The number of aromatic nitrogens is 2. The molecule has 0 saturated heterocycles. The minimum absolute atomic E-state index is 0.203. The first-order valence-electron chi connectivity index (χ1n) is 5.93. The number of benzene rings is 1. The molecule has 0 unspecified atom stereocenters. The lowest BCUT2D eigenvalue weighted by atomic mass is 10.1. The number of hydrogen-bond acceptors (Lipinski definition) is 4. The molecule has 20 heavy (non-hydrogen) atoms. The van der Waals surface area contributed by atoms with Crippen LogP contribution in [-0.2, 0) is 22.5 Å². The number of methoxy groups -OCH3 is 1. The third-order valence-corrected chi connectivity index (χ3v) is 3.34. The Morgan fingerprint density at radius 3 is 2.90 bits per heavy atom. The number of nitrogens with zero attached hydrogens (tertiary/aromatic N) is 2. The van der Waals surface area contributed by atoms with Crippen LogP contribution >= 0.6 is 15.9 Å². The first-order chi connectivity index (χ1) is 9.56. The van der Waals surface area contributed by atoms with Gasteiger partial charge in [-0.1, -0.05) is 22.0 Å². The molecular weight excluding hydrogens is 324 g/mol. The van der Waals surface area contributed by atoms with Crippen molar-refractivity contribution < 1.29 is 9.53 Å². The average Bonchev–Trinajstić information content (AvgIpc) is 2.43. The molecule has 0 amide bonds. The second-order valence-corrected chi connectivity index (χ2v) is 5.08. The molecule has 0 aliphatic heterocycles. The Labute approximate surface area is 124 Å². The molecule has 0 radical (unpaired) electrons. The Kier molecular flexibility index (Phi) is 4.34. The van der Waals surface area contributed by atoms with Crippen molar-refractivity contribution in [3.8, 4) is 0 Å². The van der Waals surface area contributed by atoms with E-state index in [0.29, 0.717) is 17.5 Å². The molecule has 6 heteroatoms. The van der Waals surface area contributed by atoms with E-state index in [1.165, 1.54) is 7.11 Å². The summed E-state index contributed by atoms with van der Waals surface area (Å²) >= 11 is 3.38. The number of hydrogen-bond donors (Lipinski definition) is 0. The minimum Gasteiger partial charge on any atom is -0.468 e. The van der Waals surface area contributed by atoms with Crippen LogP contribution in [0.5, 0.6) is 0 Å². The van der Waals surface area contributed by atoms with Crippen molar-refractivity contribution in [1.29, 1.82) is 0 Å². The topological polar surface area (TPSA) is 61.2 Å². The van der Waals surface area contributed by atoms with E-state index in [4.69, 9.17) is 0 Å². The third-order valence-electron chi connectivity index (χ3n) is 2.84. The van der Waals surface area contributed by atoms with E-state index in [2.05, 4.69) is 32.3 Å². The van der Waals surface area contributed by atoms with E-state index >= 15 is 0 Å². The van der Waals surface area contributed by atoms with Gasteiger partial charge in [-0.3, -0.25) is 9.59 Å². The zero-order valence-corrected chi connectivity index (χ0v) is 12.5. The molecule has 0 saturated carbocycles. The van der Waals surface area contributed by atoms with Gasteiger partial charge in [-0.05, 0) is 18.2 Å². The molecule has 0 N–H and O–H groups in total. The quantitative estimate of drug-likeness (QED) is 0.633. The van der Waals surface area contributed by atoms with Crippen molar-refractivity contribution in [2.24, 2.45) is 0 Å². The van der Waals surface area contributed by atoms with Gasteiger partial charge in [0.05, 0.1) is 18.2 Å². The summed E-state index contributed by atoms with van der Waals surface area (Å²) in [6.45, 7) is 3.48. The molecule has 5 nitrogen and oxygen atoms in total. The number of allylic oxidation sites excluding steroid dienone is 1. The number of carbonyl (C=O) groups is 1. The highest BCUT2D eigenvalue weighted by Crippen LogP contribution is 2.20. The Morgan fingerprint density at radius 1 is 1.50 bits per heavy atom. The van der Waals surface area contributed by atoms with Crippen LogP contribution in [0.25, 0.3) is 10.8 Å². The van der Waals surface area contributed by atoms with Gasteiger partial charge < -0.3 is 4.74 Å². The van der Waals surface area contributed by atoms with Crippen LogP contribution in [0.2, 0.25) is 0 Å². The number of rotatable bonds is 4. The highest BCUT2D eigenvalue weighted by molar-refractivity contribution is 9.10. The van der Waals surface area contributed by atoms with Crippen LogP contribution in [0.4, 0.5) is 0 Å². The number of ether oxygens (including phenoxy) is 1. The molecule has 0 aliphatic carbocycles. The van der Waals surface area contributed by atoms with Crippen molar-refractivity contribution in [1.82, 2.24) is 9.78 Å². The van der Waals surface area contributed by atoms with E-state index in [-0.39, 0.29) is 12.1 Å². The maximum atomic E-state index is 12.3. The molecule has 2 aromatic rings. The molecule has 0 aliphatic rings. The van der Waals surface area contributed by atoms with Crippen LogP contribution in [0.15, 0.2) is 40.1 Å². The number of carbonyl (C=O) groups excluding carboxylic acids is 1. The molecule has 0 spiro atoms. The van der Waals surface area contributed by atoms with Crippen LogP contribution in [0.1, 0.15) is 5.69 Å². The number of halogens is 1. The zero-order chi connectivity index (χ0) is 14.7. The van der Waals surface area contributed by atoms with Gasteiger partial charge in [0.2, 0.25) is 0 Å². The zero-order valence-electron chi connectivity index (χ0n) is 10.9. The second kappa shape index (κ2) is 6.00. The normalized spacial score (nSPS) is 10.5. The predicted molar refractivity (Wildman–Crippen MR) is 79.6 cm³/mol. The lowest BCUT2D eigenvalue weighted by molar-refractivity contribution is -0.141. The van der Waals surface area contributed by atoms with E-state index in [9.17, 15) is 9.59 Å². The molecule has 2 rings (SSSR count). The first kappa shape index (κ1) is 14.5. The molecule has 104 valence electrons. The average molecular weight is 337 g/mol. The fraction of sp³-hybridized carbons (Fsp3) is 0.214. The molecule has 1 heterocycles. The van der Waals surface area contributed by atoms with E-state index in [1.807, 2.05) is 6.07 Å². The third kappa shape index (κ3) is 2.80. The van der Waals surface area contributed by atoms with Crippen LogP contribution in [0.3, 0.4) is 0 Å². The lowest BCUT2D eigenvalue weighted by Crippen LogP contribution is -2.28. The van der Waals surface area contributed by atoms with E-state index in [0.717, 1.165) is 14.5 Å². The van der Waals surface area contributed by atoms with Crippen molar-refractivity contribution in [2.75, 3.05) is 7.11 Å². The fourth-order valence-corrected chi connectivity index (χ4v) is 2.27. The van der Waals surface area contributed by atoms with Crippen molar-refractivity contribution in [3.05, 3.63) is 51.4 Å². The van der Waals surface area contributed by atoms with E-state index < -0.39 is 5.97 Å². The second-order valence-electron chi connectivity index (χ2n) is 4.17. The smallest absolute Gasteiger partial charge is 0.327 e. The van der Waals surface area contributed by atoms with Crippen molar-refractivity contribution in [3.63, 3.8) is 0 Å². The summed E-state index contributed by atoms with van der Waals surface area (Å²) in [5.41, 5.74) is 0.380. The van der Waals surface area contributed by atoms with Gasteiger partial charge in [0.15, 0.2) is 0 Å². The molecule has 1 aromatic carbocycles. The molecule has 0 bridgehead atoms. The SMILES string of the molecule is C=CCc1nn(CC(=O)OC)c(=O)c2ccc(Br)cc12. The Bertz CT molecular complexity index is 737. The minimum atomic E-state index is -0.513. The number of esters is 1. The Hall–Kier alpha value is -1.95. The summed E-state index contributed by atoms with van der Waals surface area (Å²) in [5, 5.41) is 5.50. The van der Waals surface area contributed by atoms with Gasteiger partial charge in [-0.2, -0.15) is 5.10 Å². The van der Waals surface area contributed by atoms with Gasteiger partial charge in [0, 0.05) is 16.3 Å². The Morgan fingerprint density at radius 2 is 2.25 bits per heavy atom. The summed E-state index contributed by atoms with van der Waals surface area (Å²) in [7, 11) is 1.27. The van der Waals surface area contributed by atoms with Crippen molar-refractivity contribution in [2.45, 2.75) is 13.0 Å². The van der Waals surface area contributed by atoms with Gasteiger partial charge >= 0.3 is 5.97 Å². The summed E-state index contributed by atoms with van der Waals surface area (Å²) in [4.78, 5) is 23.6. The molecule has 1 aromatic heterocycles. The molecular formula is C14H13BrN2O3. The van der Waals surface area contributed by atoms with Crippen LogP contribution < -0.4 is 5.56 Å². The molecule has 0 atom stereocenters. The highest BCUT2D eigenvalue weighted by Gasteiger charge is 2.12. The molecule has 0 fully saturated rings. The van der Waals surface area contributed by atoms with Crippen molar-refractivity contribution >= 4 is 32.7 Å². The van der Waals surface area contributed by atoms with Gasteiger partial charge in [-0.15, -0.1) is 6.58 Å². The van der Waals surface area contributed by atoms with Crippen LogP contribution in [0, 0.1) is 0 Å². The van der Waals surface area contributed by atoms with Gasteiger partial charge in [0.25, 0.3) is 5.56 Å². The summed E-state index contributed by atoms with van der Waals surface area (Å²) < 4.78 is 6.56. The largest absolute Gasteiger partial charge is 0.468 e. The number of fused-ring (bicyclic) bond motifs is 1. The van der Waals surface area contributed by atoms with Crippen LogP contribution in [-0.4, -0.2) is 22.9 Å². The summed E-state index contributed by atoms with van der Waals surface area (Å²) in [6, 6.07) is 5.33.